The summed E-state index contributed by atoms with van der Waals surface area (Å²) >= 11 is 0. The van der Waals surface area contributed by atoms with Crippen LogP contribution in [0, 0.1) is 6.92 Å². The van der Waals surface area contributed by atoms with E-state index in [1.54, 1.807) is 0 Å². The van der Waals surface area contributed by atoms with Gasteiger partial charge in [0.1, 0.15) is 0 Å². The van der Waals surface area contributed by atoms with Crippen molar-refractivity contribution in [3.63, 3.8) is 0 Å². The van der Waals surface area contributed by atoms with Crippen molar-refractivity contribution in [1.29, 1.82) is 0 Å². The molecule has 0 fully saturated rings. The smallest absolute Gasteiger partial charge is 0.00201 e. The molecule has 0 saturated carbocycles. The van der Waals surface area contributed by atoms with E-state index in [0.717, 1.165) is 0 Å². The Morgan fingerprint density at radius 2 is 0.930 bits per heavy atom. The summed E-state index contributed by atoms with van der Waals surface area (Å²) < 4.78 is 0. The maximum Gasteiger partial charge on any atom is -0.00201 e. The lowest BCUT2D eigenvalue weighted by Crippen LogP contribution is -2.10. The normalized spacial score (nSPS) is 12.2. The SMILES string of the molecule is Cc1c2ccccc2cc2c1ccc1c(-c3c4ccccc4c(-c4ccc(C(C)(C)C)cc4)c4ccccc34)cccc12. The highest BCUT2D eigenvalue weighted by molar-refractivity contribution is 6.25. The predicted octanol–water partition coefficient (Wildman–Crippen LogP) is 12.4. The minimum Gasteiger partial charge on any atom is -0.0616 e. The second-order valence-electron chi connectivity index (χ2n) is 13.0. The predicted molar refractivity (Wildman–Crippen MR) is 188 cm³/mol. The van der Waals surface area contributed by atoms with E-state index in [-0.39, 0.29) is 5.41 Å². The van der Waals surface area contributed by atoms with Gasteiger partial charge < -0.3 is 0 Å². The Hall–Kier alpha value is -4.94. The van der Waals surface area contributed by atoms with Crippen LogP contribution in [0.1, 0.15) is 31.9 Å². The minimum absolute atomic E-state index is 0.121. The fraction of sp³-hybridized carbons (Fsp3) is 0.116. The van der Waals surface area contributed by atoms with Gasteiger partial charge in [0.25, 0.3) is 0 Å². The maximum absolute atomic E-state index is 2.38. The fourth-order valence-corrected chi connectivity index (χ4v) is 7.21. The Bertz CT molecular complexity index is 2310. The quantitative estimate of drug-likeness (QED) is 0.148. The molecule has 0 heteroatoms. The summed E-state index contributed by atoms with van der Waals surface area (Å²) in [6.45, 7) is 9.09. The molecule has 0 unspecified atom stereocenters. The molecule has 8 rings (SSSR count). The standard InChI is InChI=1S/C43H34/c1-27-31-13-6-5-12-29(31)26-40-32(27)24-25-34-33(40)18-11-19-35(34)42-38-16-9-7-14-36(38)41(37-15-8-10-17-39(37)42)28-20-22-30(23-21-28)43(2,3)4/h5-26H,1-4H3. The first-order valence-electron chi connectivity index (χ1n) is 15.3. The molecule has 0 amide bonds. The first-order valence-corrected chi connectivity index (χ1v) is 15.3. The van der Waals surface area contributed by atoms with E-state index >= 15 is 0 Å². The van der Waals surface area contributed by atoms with E-state index in [9.17, 15) is 0 Å². The Labute approximate surface area is 253 Å². The van der Waals surface area contributed by atoms with Gasteiger partial charge in [-0.15, -0.1) is 0 Å². The number of aryl methyl sites for hydroxylation is 1. The van der Waals surface area contributed by atoms with Gasteiger partial charge >= 0.3 is 0 Å². The lowest BCUT2D eigenvalue weighted by molar-refractivity contribution is 0.590. The molecule has 0 N–H and O–H groups in total. The molecule has 0 saturated heterocycles. The van der Waals surface area contributed by atoms with Gasteiger partial charge in [-0.05, 0) is 106 Å². The van der Waals surface area contributed by atoms with Crippen molar-refractivity contribution in [3.8, 4) is 22.3 Å². The molecule has 0 aliphatic heterocycles. The summed E-state index contributed by atoms with van der Waals surface area (Å²) in [5, 5.41) is 13.0. The number of hydrogen-bond donors (Lipinski definition) is 0. The number of hydrogen-bond acceptors (Lipinski definition) is 0. The van der Waals surface area contributed by atoms with Gasteiger partial charge in [0, 0.05) is 0 Å². The molecule has 0 bridgehead atoms. The zero-order chi connectivity index (χ0) is 29.3. The van der Waals surface area contributed by atoms with Crippen LogP contribution in [-0.4, -0.2) is 0 Å². The van der Waals surface area contributed by atoms with Gasteiger partial charge in [0.2, 0.25) is 0 Å². The second-order valence-corrected chi connectivity index (χ2v) is 13.0. The summed E-state index contributed by atoms with van der Waals surface area (Å²) in [4.78, 5) is 0. The summed E-state index contributed by atoms with van der Waals surface area (Å²) in [6.07, 6.45) is 0. The molecule has 0 heterocycles. The van der Waals surface area contributed by atoms with Gasteiger partial charge in [-0.1, -0.05) is 148 Å². The minimum atomic E-state index is 0.121. The van der Waals surface area contributed by atoms with Crippen molar-refractivity contribution in [2.45, 2.75) is 33.1 Å². The van der Waals surface area contributed by atoms with Gasteiger partial charge in [-0.25, -0.2) is 0 Å². The first kappa shape index (κ1) is 25.7. The van der Waals surface area contributed by atoms with Crippen molar-refractivity contribution in [2.24, 2.45) is 0 Å². The lowest BCUT2D eigenvalue weighted by Gasteiger charge is -2.21. The summed E-state index contributed by atoms with van der Waals surface area (Å²) in [5.41, 5.74) is 7.98. The molecule has 206 valence electrons. The van der Waals surface area contributed by atoms with Crippen molar-refractivity contribution in [3.05, 3.63) is 145 Å². The Morgan fingerprint density at radius 3 is 1.56 bits per heavy atom. The van der Waals surface area contributed by atoms with Crippen LogP contribution in [0.15, 0.2) is 133 Å². The Balaban J connectivity index is 1.46. The zero-order valence-electron chi connectivity index (χ0n) is 25.2. The van der Waals surface area contributed by atoms with Crippen LogP contribution in [0.25, 0.3) is 76.1 Å². The van der Waals surface area contributed by atoms with E-state index < -0.39 is 0 Å². The molecule has 43 heavy (non-hydrogen) atoms. The summed E-state index contributed by atoms with van der Waals surface area (Å²) in [7, 11) is 0. The molecule has 0 aliphatic carbocycles. The largest absolute Gasteiger partial charge is 0.0616 e. The zero-order valence-corrected chi connectivity index (χ0v) is 25.2. The van der Waals surface area contributed by atoms with Gasteiger partial charge in [-0.3, -0.25) is 0 Å². The molecule has 0 spiro atoms. The highest BCUT2D eigenvalue weighted by atomic mass is 14.2. The van der Waals surface area contributed by atoms with E-state index in [0.29, 0.717) is 0 Å². The number of rotatable bonds is 2. The summed E-state index contributed by atoms with van der Waals surface area (Å²) in [6, 6.07) is 49.8. The van der Waals surface area contributed by atoms with Gasteiger partial charge in [-0.2, -0.15) is 0 Å². The molecule has 0 aromatic heterocycles. The Kier molecular flexibility index (Phi) is 5.71. The van der Waals surface area contributed by atoms with E-state index in [1.165, 1.54) is 87.2 Å². The van der Waals surface area contributed by atoms with E-state index in [4.69, 9.17) is 0 Å². The third-order valence-electron chi connectivity index (χ3n) is 9.41. The van der Waals surface area contributed by atoms with Crippen molar-refractivity contribution >= 4 is 53.9 Å². The lowest BCUT2D eigenvalue weighted by atomic mass is 9.82. The Morgan fingerprint density at radius 1 is 0.395 bits per heavy atom. The first-order chi connectivity index (χ1) is 20.9. The molecule has 0 nitrogen and oxygen atoms in total. The van der Waals surface area contributed by atoms with Gasteiger partial charge in [0.15, 0.2) is 0 Å². The molecule has 0 radical (unpaired) electrons. The molecular formula is C43H34. The number of benzene rings is 8. The molecular weight excluding hydrogens is 516 g/mol. The van der Waals surface area contributed by atoms with Crippen LogP contribution in [0.5, 0.6) is 0 Å². The third-order valence-corrected chi connectivity index (χ3v) is 9.41. The average Bonchev–Trinajstić information content (AvgIpc) is 3.03. The summed E-state index contributed by atoms with van der Waals surface area (Å²) in [5.74, 6) is 0. The molecule has 0 aliphatic rings. The maximum atomic E-state index is 2.38. The number of fused-ring (bicyclic) bond motifs is 6. The van der Waals surface area contributed by atoms with Crippen LogP contribution in [0.2, 0.25) is 0 Å². The molecule has 0 atom stereocenters. The van der Waals surface area contributed by atoms with Crippen LogP contribution in [0.3, 0.4) is 0 Å². The highest BCUT2D eigenvalue weighted by Gasteiger charge is 2.19. The fourth-order valence-electron chi connectivity index (χ4n) is 7.21. The van der Waals surface area contributed by atoms with Crippen LogP contribution in [0.4, 0.5) is 0 Å². The van der Waals surface area contributed by atoms with Gasteiger partial charge in [0.05, 0.1) is 0 Å². The molecule has 8 aromatic carbocycles. The average molecular weight is 551 g/mol. The second kappa shape index (κ2) is 9.54. The highest BCUT2D eigenvalue weighted by Crippen LogP contribution is 2.46. The van der Waals surface area contributed by atoms with Crippen molar-refractivity contribution < 1.29 is 0 Å². The molecule has 8 aromatic rings. The third kappa shape index (κ3) is 3.97. The van der Waals surface area contributed by atoms with E-state index in [1.807, 2.05) is 0 Å². The van der Waals surface area contributed by atoms with Crippen LogP contribution in [-0.2, 0) is 5.41 Å². The van der Waals surface area contributed by atoms with Crippen LogP contribution >= 0.6 is 0 Å². The van der Waals surface area contributed by atoms with E-state index in [2.05, 4.69) is 161 Å². The van der Waals surface area contributed by atoms with Crippen molar-refractivity contribution in [2.75, 3.05) is 0 Å². The van der Waals surface area contributed by atoms with Crippen molar-refractivity contribution in [1.82, 2.24) is 0 Å². The monoisotopic (exact) mass is 550 g/mol. The van der Waals surface area contributed by atoms with Crippen LogP contribution < -0.4 is 0 Å². The topological polar surface area (TPSA) is 0 Å².